The highest BCUT2D eigenvalue weighted by Gasteiger charge is 2.20. The van der Waals surface area contributed by atoms with Gasteiger partial charge in [-0.2, -0.15) is 0 Å². The van der Waals surface area contributed by atoms with Crippen LogP contribution in [-0.4, -0.2) is 11.9 Å². The maximum absolute atomic E-state index is 11.3. The fraction of sp³-hybridized carbons (Fsp3) is 0.417. The normalized spacial score (nSPS) is 12.5. The molecule has 0 spiro atoms. The number of para-hydroxylation sites is 1. The topological polar surface area (TPSA) is 81.1 Å². The first-order valence-corrected chi connectivity index (χ1v) is 5.34. The van der Waals surface area contributed by atoms with Gasteiger partial charge in [0, 0.05) is 0 Å². The van der Waals surface area contributed by atoms with Crippen molar-refractivity contribution in [1.82, 2.24) is 0 Å². The van der Waals surface area contributed by atoms with Gasteiger partial charge in [0.25, 0.3) is 0 Å². The van der Waals surface area contributed by atoms with Gasteiger partial charge in [-0.3, -0.25) is 4.79 Å². The van der Waals surface area contributed by atoms with Gasteiger partial charge in [-0.15, -0.1) is 0 Å². The smallest absolute Gasteiger partial charge is 0.240 e. The molecule has 0 saturated heterocycles. The van der Waals surface area contributed by atoms with Crippen molar-refractivity contribution in [3.05, 3.63) is 23.8 Å². The van der Waals surface area contributed by atoms with Gasteiger partial charge in [-0.1, -0.05) is 26.0 Å². The van der Waals surface area contributed by atoms with Crippen molar-refractivity contribution in [1.29, 1.82) is 0 Å². The second-order valence-corrected chi connectivity index (χ2v) is 4.31. The predicted octanol–water partition coefficient (Wildman–Crippen LogP) is 1.50. The number of carbonyl (C=O) groups is 1. The Morgan fingerprint density at radius 1 is 1.38 bits per heavy atom. The van der Waals surface area contributed by atoms with E-state index in [0.717, 1.165) is 11.3 Å². The lowest BCUT2D eigenvalue weighted by Crippen LogP contribution is -2.39. The minimum atomic E-state index is -0.400. The fourth-order valence-electron chi connectivity index (χ4n) is 1.61. The summed E-state index contributed by atoms with van der Waals surface area (Å²) in [6.07, 6.45) is 0. The Morgan fingerprint density at radius 3 is 2.44 bits per heavy atom. The largest absolute Gasteiger partial charge is 0.397 e. The number of aryl methyl sites for hydroxylation is 1. The van der Waals surface area contributed by atoms with E-state index in [2.05, 4.69) is 5.32 Å². The molecule has 1 atom stereocenters. The molecular weight excluding hydrogens is 202 g/mol. The molecule has 0 aliphatic rings. The van der Waals surface area contributed by atoms with Crippen LogP contribution in [0.4, 0.5) is 11.4 Å². The summed E-state index contributed by atoms with van der Waals surface area (Å²) < 4.78 is 0. The van der Waals surface area contributed by atoms with Crippen LogP contribution in [0.15, 0.2) is 18.2 Å². The molecule has 0 radical (unpaired) electrons. The van der Waals surface area contributed by atoms with E-state index < -0.39 is 6.04 Å². The van der Waals surface area contributed by atoms with Gasteiger partial charge < -0.3 is 16.8 Å². The highest BCUT2D eigenvalue weighted by molar-refractivity contribution is 5.85. The third-order valence-electron chi connectivity index (χ3n) is 2.58. The highest BCUT2D eigenvalue weighted by atomic mass is 16.1. The molecule has 88 valence electrons. The van der Waals surface area contributed by atoms with Gasteiger partial charge in [0.2, 0.25) is 5.91 Å². The molecule has 0 aromatic heterocycles. The fourth-order valence-corrected chi connectivity index (χ4v) is 1.61. The van der Waals surface area contributed by atoms with Crippen LogP contribution in [0.25, 0.3) is 0 Å². The van der Waals surface area contributed by atoms with Crippen molar-refractivity contribution in [2.45, 2.75) is 26.8 Å². The van der Waals surface area contributed by atoms with Crippen LogP contribution in [0.3, 0.4) is 0 Å². The average molecular weight is 221 g/mol. The zero-order valence-corrected chi connectivity index (χ0v) is 9.95. The van der Waals surface area contributed by atoms with E-state index in [1.165, 1.54) is 0 Å². The molecule has 4 nitrogen and oxygen atoms in total. The SMILES string of the molecule is Cc1cccc(N)c1NC(C(N)=O)C(C)C. The highest BCUT2D eigenvalue weighted by Crippen LogP contribution is 2.24. The lowest BCUT2D eigenvalue weighted by Gasteiger charge is -2.22. The number of rotatable bonds is 4. The van der Waals surface area contributed by atoms with Crippen LogP contribution in [0.1, 0.15) is 19.4 Å². The third-order valence-corrected chi connectivity index (χ3v) is 2.58. The van der Waals surface area contributed by atoms with Crippen molar-refractivity contribution in [3.8, 4) is 0 Å². The van der Waals surface area contributed by atoms with Gasteiger partial charge in [-0.25, -0.2) is 0 Å². The lowest BCUT2D eigenvalue weighted by molar-refractivity contribution is -0.119. The molecular formula is C12H19N3O. The summed E-state index contributed by atoms with van der Waals surface area (Å²) in [4.78, 5) is 11.3. The Labute approximate surface area is 96.0 Å². The quantitative estimate of drug-likeness (QED) is 0.674. The van der Waals surface area contributed by atoms with E-state index in [1.54, 1.807) is 6.07 Å². The predicted molar refractivity (Wildman–Crippen MR) is 67.0 cm³/mol. The number of hydrogen-bond acceptors (Lipinski definition) is 3. The molecule has 0 aliphatic carbocycles. The zero-order chi connectivity index (χ0) is 12.3. The monoisotopic (exact) mass is 221 g/mol. The molecule has 1 aromatic rings. The molecule has 4 heteroatoms. The van der Waals surface area contributed by atoms with Crippen LogP contribution in [0.5, 0.6) is 0 Å². The van der Waals surface area contributed by atoms with Crippen LogP contribution in [-0.2, 0) is 4.79 Å². The van der Waals surface area contributed by atoms with Crippen molar-refractivity contribution < 1.29 is 4.79 Å². The van der Waals surface area contributed by atoms with Gasteiger partial charge in [0.15, 0.2) is 0 Å². The van der Waals surface area contributed by atoms with E-state index in [9.17, 15) is 4.79 Å². The molecule has 5 N–H and O–H groups in total. The summed E-state index contributed by atoms with van der Waals surface area (Å²) in [6, 6.07) is 5.22. The van der Waals surface area contributed by atoms with Crippen molar-refractivity contribution in [2.24, 2.45) is 11.7 Å². The zero-order valence-electron chi connectivity index (χ0n) is 9.95. The number of nitrogen functional groups attached to an aromatic ring is 1. The number of hydrogen-bond donors (Lipinski definition) is 3. The molecule has 1 aromatic carbocycles. The Kier molecular flexibility index (Phi) is 3.77. The summed E-state index contributed by atoms with van der Waals surface area (Å²) in [7, 11) is 0. The molecule has 0 saturated carbocycles. The summed E-state index contributed by atoms with van der Waals surface area (Å²) in [5, 5.41) is 3.11. The van der Waals surface area contributed by atoms with E-state index in [1.807, 2.05) is 32.9 Å². The molecule has 16 heavy (non-hydrogen) atoms. The standard InChI is InChI=1S/C12H19N3O/c1-7(2)10(12(14)16)15-11-8(3)5-4-6-9(11)13/h4-7,10,15H,13H2,1-3H3,(H2,14,16). The molecule has 1 unspecified atom stereocenters. The molecule has 0 aliphatic heterocycles. The number of anilines is 2. The minimum Gasteiger partial charge on any atom is -0.397 e. The van der Waals surface area contributed by atoms with Gasteiger partial charge in [0.1, 0.15) is 6.04 Å². The molecule has 1 rings (SSSR count). The van der Waals surface area contributed by atoms with Crippen LogP contribution in [0.2, 0.25) is 0 Å². The molecule has 0 bridgehead atoms. The first-order chi connectivity index (χ1) is 7.43. The first kappa shape index (κ1) is 12.4. The van der Waals surface area contributed by atoms with Gasteiger partial charge >= 0.3 is 0 Å². The summed E-state index contributed by atoms with van der Waals surface area (Å²) in [5.74, 6) is -0.242. The second kappa shape index (κ2) is 4.88. The number of nitrogens with one attached hydrogen (secondary N) is 1. The molecule has 0 heterocycles. The number of nitrogens with two attached hydrogens (primary N) is 2. The Balaban J connectivity index is 2.98. The Bertz CT molecular complexity index is 368. The van der Waals surface area contributed by atoms with Crippen LogP contribution in [0, 0.1) is 12.8 Å². The average Bonchev–Trinajstić information content (AvgIpc) is 2.15. The minimum absolute atomic E-state index is 0.122. The Morgan fingerprint density at radius 2 is 2.00 bits per heavy atom. The number of carbonyl (C=O) groups excluding carboxylic acids is 1. The van der Waals surface area contributed by atoms with Crippen LogP contribution >= 0.6 is 0 Å². The van der Waals surface area contributed by atoms with Crippen molar-refractivity contribution in [2.75, 3.05) is 11.1 Å². The summed E-state index contributed by atoms with van der Waals surface area (Å²) >= 11 is 0. The van der Waals surface area contributed by atoms with Crippen molar-refractivity contribution in [3.63, 3.8) is 0 Å². The number of primary amides is 1. The maximum atomic E-state index is 11.3. The summed E-state index contributed by atoms with van der Waals surface area (Å²) in [5.41, 5.74) is 13.6. The third kappa shape index (κ3) is 2.66. The van der Waals surface area contributed by atoms with E-state index in [-0.39, 0.29) is 11.8 Å². The number of benzene rings is 1. The Hall–Kier alpha value is -1.71. The van der Waals surface area contributed by atoms with E-state index in [4.69, 9.17) is 11.5 Å². The van der Waals surface area contributed by atoms with Gasteiger partial charge in [-0.05, 0) is 24.5 Å². The maximum Gasteiger partial charge on any atom is 0.240 e. The molecule has 1 amide bonds. The lowest BCUT2D eigenvalue weighted by atomic mass is 10.0. The van der Waals surface area contributed by atoms with E-state index >= 15 is 0 Å². The van der Waals surface area contributed by atoms with Gasteiger partial charge in [0.05, 0.1) is 11.4 Å². The second-order valence-electron chi connectivity index (χ2n) is 4.31. The molecule has 0 fully saturated rings. The van der Waals surface area contributed by atoms with Crippen LogP contribution < -0.4 is 16.8 Å². The first-order valence-electron chi connectivity index (χ1n) is 5.34. The van der Waals surface area contributed by atoms with E-state index in [0.29, 0.717) is 5.69 Å². The summed E-state index contributed by atoms with van der Waals surface area (Å²) in [6.45, 7) is 5.82. The number of amides is 1. The van der Waals surface area contributed by atoms with Crippen molar-refractivity contribution >= 4 is 17.3 Å².